The van der Waals surface area contributed by atoms with Crippen LogP contribution < -0.4 is 23.7 Å². The zero-order valence-electron chi connectivity index (χ0n) is 18.7. The maximum atomic E-state index is 13.0. The maximum Gasteiger partial charge on any atom is 0.231 e. The molecule has 0 fully saturated rings. The Bertz CT molecular complexity index is 1220. The summed E-state index contributed by atoms with van der Waals surface area (Å²) in [6.45, 7) is 2.21. The summed E-state index contributed by atoms with van der Waals surface area (Å²) in [5.74, 6) is 2.57. The maximum absolute atomic E-state index is 13.0. The molecule has 7 heteroatoms. The number of allylic oxidation sites excluding steroid dienone is 1. The van der Waals surface area contributed by atoms with Crippen molar-refractivity contribution in [2.24, 2.45) is 0 Å². The third kappa shape index (κ3) is 4.47. The number of rotatable bonds is 7. The van der Waals surface area contributed by atoms with E-state index in [1.165, 1.54) is 21.3 Å². The Morgan fingerprint density at radius 3 is 2.30 bits per heavy atom. The number of carbonyl (C=O) groups is 1. The molecule has 0 bridgehead atoms. The van der Waals surface area contributed by atoms with Crippen LogP contribution >= 0.6 is 11.6 Å². The summed E-state index contributed by atoms with van der Waals surface area (Å²) in [6, 6.07) is 14.5. The lowest BCUT2D eigenvalue weighted by Gasteiger charge is -2.13. The number of ketones is 1. The molecule has 3 aromatic rings. The molecule has 0 saturated carbocycles. The van der Waals surface area contributed by atoms with Crippen molar-refractivity contribution in [3.05, 3.63) is 81.6 Å². The fourth-order valence-electron chi connectivity index (χ4n) is 3.65. The Morgan fingerprint density at radius 2 is 1.67 bits per heavy atom. The summed E-state index contributed by atoms with van der Waals surface area (Å²) in [7, 11) is 4.61. The molecule has 0 atom stereocenters. The molecule has 0 aromatic heterocycles. The van der Waals surface area contributed by atoms with Crippen LogP contribution in [0.25, 0.3) is 6.08 Å². The van der Waals surface area contributed by atoms with Crippen LogP contribution in [0, 0.1) is 6.92 Å². The van der Waals surface area contributed by atoms with E-state index in [0.29, 0.717) is 51.5 Å². The van der Waals surface area contributed by atoms with Crippen molar-refractivity contribution >= 4 is 23.5 Å². The molecular weight excluding hydrogens is 444 g/mol. The second-order valence-corrected chi connectivity index (χ2v) is 7.82. The molecule has 1 heterocycles. The number of carbonyl (C=O) groups excluding carboxylic acids is 1. The lowest BCUT2D eigenvalue weighted by Crippen LogP contribution is -1.99. The summed E-state index contributed by atoms with van der Waals surface area (Å²) < 4.78 is 28.1. The Hall–Kier alpha value is -3.64. The first-order chi connectivity index (χ1) is 15.9. The molecule has 3 aromatic carbocycles. The molecular formula is C26H23ClO6. The van der Waals surface area contributed by atoms with Crippen LogP contribution in [-0.2, 0) is 6.61 Å². The number of ether oxygens (including phenoxy) is 5. The van der Waals surface area contributed by atoms with Crippen molar-refractivity contribution in [1.29, 1.82) is 0 Å². The van der Waals surface area contributed by atoms with Crippen LogP contribution in [0.1, 0.15) is 27.0 Å². The van der Waals surface area contributed by atoms with E-state index in [2.05, 4.69) is 0 Å². The second-order valence-electron chi connectivity index (χ2n) is 7.38. The first-order valence-electron chi connectivity index (χ1n) is 10.2. The third-order valence-corrected chi connectivity index (χ3v) is 5.54. The van der Waals surface area contributed by atoms with Gasteiger partial charge in [-0.3, -0.25) is 4.79 Å². The van der Waals surface area contributed by atoms with Gasteiger partial charge in [0.05, 0.1) is 26.9 Å². The van der Waals surface area contributed by atoms with Gasteiger partial charge in [0.2, 0.25) is 11.5 Å². The minimum Gasteiger partial charge on any atom is -0.493 e. The standard InChI is InChI=1S/C26H23ClO6/c1-15-20(32-14-16-6-5-7-18(27)10-16)9-8-19-24(28)21(33-25(15)19)11-17-12-22(29-2)26(31-4)23(13-17)30-3/h5-13H,14H2,1-4H3/b21-11-. The number of Topliss-reactive ketones (excluding diaryl/α,β-unsaturated/α-hetero) is 1. The normalized spacial score (nSPS) is 13.5. The third-order valence-electron chi connectivity index (χ3n) is 5.30. The number of hydrogen-bond donors (Lipinski definition) is 0. The van der Waals surface area contributed by atoms with E-state index in [4.69, 9.17) is 35.3 Å². The molecule has 1 aliphatic rings. The van der Waals surface area contributed by atoms with Crippen LogP contribution in [0.5, 0.6) is 28.7 Å². The quantitative estimate of drug-likeness (QED) is 0.406. The van der Waals surface area contributed by atoms with E-state index in [1.54, 1.807) is 30.3 Å². The SMILES string of the molecule is COc1cc(/C=C2\Oc3c(ccc(OCc4cccc(Cl)c4)c3C)C2=O)cc(OC)c1OC. The highest BCUT2D eigenvalue weighted by atomic mass is 35.5. The average molecular weight is 467 g/mol. The highest BCUT2D eigenvalue weighted by Gasteiger charge is 2.30. The molecule has 6 nitrogen and oxygen atoms in total. The zero-order valence-corrected chi connectivity index (χ0v) is 19.5. The molecule has 4 rings (SSSR count). The van der Waals surface area contributed by atoms with Crippen molar-refractivity contribution in [1.82, 2.24) is 0 Å². The fraction of sp³-hybridized carbons (Fsp3) is 0.192. The number of benzene rings is 3. The molecule has 0 unspecified atom stereocenters. The van der Waals surface area contributed by atoms with Crippen molar-refractivity contribution < 1.29 is 28.5 Å². The number of methoxy groups -OCH3 is 3. The topological polar surface area (TPSA) is 63.2 Å². The molecule has 0 N–H and O–H groups in total. The number of halogens is 1. The molecule has 0 amide bonds. The molecule has 170 valence electrons. The van der Waals surface area contributed by atoms with Gasteiger partial charge in [-0.15, -0.1) is 0 Å². The minimum atomic E-state index is -0.205. The van der Waals surface area contributed by atoms with Gasteiger partial charge in [0.25, 0.3) is 0 Å². The Morgan fingerprint density at radius 1 is 0.939 bits per heavy atom. The van der Waals surface area contributed by atoms with E-state index in [1.807, 2.05) is 31.2 Å². The van der Waals surface area contributed by atoms with Crippen LogP contribution in [0.4, 0.5) is 0 Å². The van der Waals surface area contributed by atoms with Gasteiger partial charge in [0.1, 0.15) is 18.1 Å². The first-order valence-corrected chi connectivity index (χ1v) is 10.6. The Kier molecular flexibility index (Phi) is 6.47. The number of fused-ring (bicyclic) bond motifs is 1. The minimum absolute atomic E-state index is 0.203. The zero-order chi connectivity index (χ0) is 23.5. The van der Waals surface area contributed by atoms with E-state index >= 15 is 0 Å². The van der Waals surface area contributed by atoms with Gasteiger partial charge in [-0.05, 0) is 60.5 Å². The summed E-state index contributed by atoms with van der Waals surface area (Å²) in [5, 5.41) is 0.650. The van der Waals surface area contributed by atoms with Crippen LogP contribution in [0.2, 0.25) is 5.02 Å². The molecule has 0 spiro atoms. The second kappa shape index (κ2) is 9.46. The van der Waals surface area contributed by atoms with Gasteiger partial charge in [-0.2, -0.15) is 0 Å². The van der Waals surface area contributed by atoms with E-state index in [-0.39, 0.29) is 11.5 Å². The smallest absolute Gasteiger partial charge is 0.231 e. The summed E-state index contributed by atoms with van der Waals surface area (Å²) in [6.07, 6.45) is 1.65. The largest absolute Gasteiger partial charge is 0.493 e. The lowest BCUT2D eigenvalue weighted by molar-refractivity contribution is 0.101. The van der Waals surface area contributed by atoms with Gasteiger partial charge < -0.3 is 23.7 Å². The summed E-state index contributed by atoms with van der Waals surface area (Å²) in [5.41, 5.74) is 2.86. The molecule has 1 aliphatic heterocycles. The highest BCUT2D eigenvalue weighted by molar-refractivity contribution is 6.30. The fourth-order valence-corrected chi connectivity index (χ4v) is 3.86. The predicted molar refractivity (Wildman–Crippen MR) is 126 cm³/mol. The number of hydrogen-bond acceptors (Lipinski definition) is 6. The van der Waals surface area contributed by atoms with E-state index in [0.717, 1.165) is 11.1 Å². The molecule has 0 aliphatic carbocycles. The Labute approximate surface area is 197 Å². The van der Waals surface area contributed by atoms with E-state index < -0.39 is 0 Å². The first kappa shape index (κ1) is 22.6. The van der Waals surface area contributed by atoms with Gasteiger partial charge in [0.15, 0.2) is 17.3 Å². The van der Waals surface area contributed by atoms with Gasteiger partial charge in [0, 0.05) is 10.6 Å². The van der Waals surface area contributed by atoms with Gasteiger partial charge in [-0.1, -0.05) is 23.7 Å². The predicted octanol–water partition coefficient (Wildman–Crippen LogP) is 5.87. The lowest BCUT2D eigenvalue weighted by atomic mass is 10.1. The van der Waals surface area contributed by atoms with Crippen molar-refractivity contribution in [3.8, 4) is 28.7 Å². The van der Waals surface area contributed by atoms with Crippen molar-refractivity contribution in [2.75, 3.05) is 21.3 Å². The van der Waals surface area contributed by atoms with Crippen molar-refractivity contribution in [3.63, 3.8) is 0 Å². The van der Waals surface area contributed by atoms with E-state index in [9.17, 15) is 4.79 Å². The van der Waals surface area contributed by atoms with Crippen LogP contribution in [0.3, 0.4) is 0 Å². The molecule has 0 radical (unpaired) electrons. The molecule has 0 saturated heterocycles. The average Bonchev–Trinajstić information content (AvgIpc) is 3.14. The van der Waals surface area contributed by atoms with Crippen molar-refractivity contribution in [2.45, 2.75) is 13.5 Å². The monoisotopic (exact) mass is 466 g/mol. The van der Waals surface area contributed by atoms with Gasteiger partial charge in [-0.25, -0.2) is 0 Å². The summed E-state index contributed by atoms with van der Waals surface area (Å²) in [4.78, 5) is 13.0. The van der Waals surface area contributed by atoms with Crippen LogP contribution in [-0.4, -0.2) is 27.1 Å². The summed E-state index contributed by atoms with van der Waals surface area (Å²) >= 11 is 6.05. The Balaban J connectivity index is 1.61. The van der Waals surface area contributed by atoms with Gasteiger partial charge >= 0.3 is 0 Å². The highest BCUT2D eigenvalue weighted by Crippen LogP contribution is 2.42. The van der Waals surface area contributed by atoms with Crippen LogP contribution in [0.15, 0.2) is 54.3 Å². The molecule has 33 heavy (non-hydrogen) atoms.